The number of non-ortho nitro benzene ring substituents is 1. The van der Waals surface area contributed by atoms with Crippen molar-refractivity contribution in [1.82, 2.24) is 4.90 Å². The van der Waals surface area contributed by atoms with Crippen LogP contribution in [0.15, 0.2) is 58.7 Å². The number of aliphatic imine (C=N–C) groups is 1. The number of ether oxygens (including phenoxy) is 2. The minimum Gasteiger partial charge on any atom is -0.490 e. The van der Waals surface area contributed by atoms with Crippen LogP contribution in [0, 0.1) is 32.7 Å². The molecule has 10 nitrogen and oxygen atoms in total. The fourth-order valence-corrected chi connectivity index (χ4v) is 4.54. The third-order valence-electron chi connectivity index (χ3n) is 6.35. The van der Waals surface area contributed by atoms with Crippen molar-refractivity contribution >= 4 is 34.8 Å². The minimum absolute atomic E-state index is 0.0325. The van der Waals surface area contributed by atoms with Gasteiger partial charge < -0.3 is 19.8 Å². The van der Waals surface area contributed by atoms with Gasteiger partial charge in [-0.3, -0.25) is 10.1 Å². The van der Waals surface area contributed by atoms with Gasteiger partial charge in [-0.2, -0.15) is 5.26 Å². The number of nitro benzene ring substituents is 1. The number of hydrogen-bond acceptors (Lipinski definition) is 8. The summed E-state index contributed by atoms with van der Waals surface area (Å²) in [5.74, 6) is -0.447. The fraction of sp³-hybridized carbons (Fsp3) is 0.379. The molecule has 216 valence electrons. The van der Waals surface area contributed by atoms with Crippen LogP contribution in [0.5, 0.6) is 5.75 Å². The number of nitro groups is 1. The van der Waals surface area contributed by atoms with Gasteiger partial charge in [0.1, 0.15) is 29.8 Å². The summed E-state index contributed by atoms with van der Waals surface area (Å²) in [7, 11) is 0. The Morgan fingerprint density at radius 1 is 1.29 bits per heavy atom. The van der Waals surface area contributed by atoms with E-state index in [4.69, 9.17) is 26.5 Å². The van der Waals surface area contributed by atoms with E-state index < -0.39 is 16.6 Å². The molecule has 41 heavy (non-hydrogen) atoms. The zero-order valence-electron chi connectivity index (χ0n) is 23.0. The van der Waals surface area contributed by atoms with Crippen molar-refractivity contribution < 1.29 is 23.6 Å². The molecule has 0 radical (unpaired) electrons. The first-order valence-corrected chi connectivity index (χ1v) is 13.4. The number of nitrogens with one attached hydrogen (secondary N) is 1. The zero-order chi connectivity index (χ0) is 30.2. The van der Waals surface area contributed by atoms with Gasteiger partial charge in [0.15, 0.2) is 0 Å². The third-order valence-corrected chi connectivity index (χ3v) is 6.44. The lowest BCUT2D eigenvalue weighted by molar-refractivity contribution is -0.384. The van der Waals surface area contributed by atoms with Crippen LogP contribution in [0.4, 0.5) is 14.9 Å². The first-order valence-electron chi connectivity index (χ1n) is 12.9. The highest BCUT2D eigenvalue weighted by Gasteiger charge is 2.30. The summed E-state index contributed by atoms with van der Waals surface area (Å²) in [5.41, 5.74) is 2.79. The van der Waals surface area contributed by atoms with Gasteiger partial charge in [-0.15, -0.1) is 0 Å². The number of hydrogen-bond donors (Lipinski definition) is 1. The average Bonchev–Trinajstić information content (AvgIpc) is 3.33. The summed E-state index contributed by atoms with van der Waals surface area (Å²) in [6.07, 6.45) is 0.828. The predicted molar refractivity (Wildman–Crippen MR) is 153 cm³/mol. The number of allylic oxidation sites excluding steroid dienone is 2. The number of carbonyl (C=O) groups excluding carboxylic acids is 1. The Balaban J connectivity index is 1.75. The van der Waals surface area contributed by atoms with E-state index in [0.29, 0.717) is 24.1 Å². The van der Waals surface area contributed by atoms with Crippen molar-refractivity contribution in [3.05, 3.63) is 80.8 Å². The first-order chi connectivity index (χ1) is 19.4. The van der Waals surface area contributed by atoms with Crippen LogP contribution in [-0.4, -0.2) is 52.6 Å². The van der Waals surface area contributed by atoms with Crippen molar-refractivity contribution in [2.24, 2.45) is 4.99 Å². The highest BCUT2D eigenvalue weighted by molar-refractivity contribution is 6.56. The average molecular weight is 584 g/mol. The molecule has 0 saturated heterocycles. The second-order valence-corrected chi connectivity index (χ2v) is 10.5. The topological polar surface area (TPSA) is 142 Å². The van der Waals surface area contributed by atoms with Gasteiger partial charge in [-0.25, -0.2) is 14.2 Å². The Labute approximate surface area is 242 Å². The van der Waals surface area contributed by atoms with Crippen LogP contribution in [0.25, 0.3) is 0 Å². The normalized spacial score (nSPS) is 15.1. The number of benzene rings is 2. The van der Waals surface area contributed by atoms with Crippen molar-refractivity contribution in [2.45, 2.75) is 51.6 Å². The lowest BCUT2D eigenvalue weighted by Crippen LogP contribution is -2.40. The van der Waals surface area contributed by atoms with E-state index in [1.54, 1.807) is 32.9 Å². The largest absolute Gasteiger partial charge is 0.490 e. The molecular formula is C29H31ClFN5O5. The highest BCUT2D eigenvalue weighted by Crippen LogP contribution is 2.41. The Kier molecular flexibility index (Phi) is 10.6. The summed E-state index contributed by atoms with van der Waals surface area (Å²) in [5, 5.41) is 29.3. The van der Waals surface area contributed by atoms with Gasteiger partial charge in [0.05, 0.1) is 34.5 Å². The summed E-state index contributed by atoms with van der Waals surface area (Å²) >= 11 is 5.82. The van der Waals surface area contributed by atoms with Crippen LogP contribution in [0.3, 0.4) is 0 Å². The maximum atomic E-state index is 13.5. The van der Waals surface area contributed by atoms with E-state index in [1.165, 1.54) is 29.2 Å². The first kappa shape index (κ1) is 31.2. The highest BCUT2D eigenvalue weighted by atomic mass is 35.5. The number of rotatable bonds is 11. The van der Waals surface area contributed by atoms with E-state index >= 15 is 0 Å². The van der Waals surface area contributed by atoms with Crippen molar-refractivity contribution in [2.75, 3.05) is 19.7 Å². The molecule has 0 aliphatic heterocycles. The van der Waals surface area contributed by atoms with E-state index in [9.17, 15) is 24.6 Å². The van der Waals surface area contributed by atoms with Crippen LogP contribution < -0.4 is 4.74 Å². The molecule has 2 aromatic carbocycles. The standard InChI is InChI=1S/C29H31ClFN5O5/c1-29(2,3)41-28(37)35(14-15-40-26-16-22(36(38)39)9-6-20(26)17-32)13-12-25(33)24-11-10-23(27(24)34-18-30)19-4-7-21(31)8-5-19/h4-9,16,18,23,33H,10-15H2,1-3H3/b33-25?,34-18+. The molecule has 1 aliphatic carbocycles. The number of carbonyl (C=O) groups is 1. The van der Waals surface area contributed by atoms with Gasteiger partial charge in [-0.05, 0) is 62.9 Å². The Morgan fingerprint density at radius 2 is 2.00 bits per heavy atom. The lowest BCUT2D eigenvalue weighted by Gasteiger charge is -2.27. The summed E-state index contributed by atoms with van der Waals surface area (Å²) < 4.78 is 24.6. The molecule has 0 fully saturated rings. The monoisotopic (exact) mass is 583 g/mol. The van der Waals surface area contributed by atoms with Crippen LogP contribution in [0.2, 0.25) is 0 Å². The van der Waals surface area contributed by atoms with E-state index in [1.807, 2.05) is 6.07 Å². The number of amides is 1. The van der Waals surface area contributed by atoms with Crippen molar-refractivity contribution in [1.29, 1.82) is 10.7 Å². The maximum absolute atomic E-state index is 13.5. The van der Waals surface area contributed by atoms with E-state index in [0.717, 1.165) is 17.3 Å². The Morgan fingerprint density at radius 3 is 2.61 bits per heavy atom. The number of halogens is 2. The van der Waals surface area contributed by atoms with Gasteiger partial charge >= 0.3 is 6.09 Å². The quantitative estimate of drug-likeness (QED) is 0.176. The summed E-state index contributed by atoms with van der Waals surface area (Å²) in [4.78, 5) is 29.2. The lowest BCUT2D eigenvalue weighted by atomic mass is 9.96. The molecule has 1 N–H and O–H groups in total. The molecule has 3 rings (SSSR count). The molecule has 0 heterocycles. The van der Waals surface area contributed by atoms with Crippen LogP contribution in [-0.2, 0) is 4.74 Å². The second-order valence-electron chi connectivity index (χ2n) is 10.3. The number of nitrogens with zero attached hydrogens (tertiary/aromatic N) is 4. The van der Waals surface area contributed by atoms with Crippen molar-refractivity contribution in [3.63, 3.8) is 0 Å². The summed E-state index contributed by atoms with van der Waals surface area (Å²) in [6, 6.07) is 11.8. The zero-order valence-corrected chi connectivity index (χ0v) is 23.8. The molecule has 2 aromatic rings. The Hall–Kier alpha value is -4.30. The SMILES string of the molecule is CC(C)(C)OC(=O)N(CCOc1cc([N+](=O)[O-])ccc1C#N)CCC(=N)C1=C(/N=C/Cl)C(c2ccc(F)cc2)CC1. The predicted octanol–water partition coefficient (Wildman–Crippen LogP) is 6.73. The van der Waals surface area contributed by atoms with Gasteiger partial charge in [0.2, 0.25) is 0 Å². The maximum Gasteiger partial charge on any atom is 0.410 e. The molecule has 1 unspecified atom stereocenters. The molecule has 0 spiro atoms. The van der Waals surface area contributed by atoms with E-state index in [-0.39, 0.29) is 60.6 Å². The molecule has 12 heteroatoms. The molecule has 0 bridgehead atoms. The molecule has 1 aliphatic rings. The van der Waals surface area contributed by atoms with Crippen molar-refractivity contribution in [3.8, 4) is 11.8 Å². The third kappa shape index (κ3) is 8.59. The molecule has 0 saturated carbocycles. The summed E-state index contributed by atoms with van der Waals surface area (Å²) in [6.45, 7) is 5.30. The number of nitriles is 1. The van der Waals surface area contributed by atoms with E-state index in [2.05, 4.69) is 4.99 Å². The minimum atomic E-state index is -0.768. The molecule has 0 aromatic heterocycles. The smallest absolute Gasteiger partial charge is 0.410 e. The second kappa shape index (κ2) is 13.9. The Bertz CT molecular complexity index is 1400. The fourth-order valence-electron chi connectivity index (χ4n) is 4.43. The van der Waals surface area contributed by atoms with Crippen LogP contribution in [0.1, 0.15) is 57.1 Å². The van der Waals surface area contributed by atoms with Gasteiger partial charge in [0.25, 0.3) is 5.69 Å². The van der Waals surface area contributed by atoms with Gasteiger partial charge in [-0.1, -0.05) is 23.7 Å². The molecular weight excluding hydrogens is 553 g/mol. The van der Waals surface area contributed by atoms with Gasteiger partial charge in [0, 0.05) is 30.7 Å². The molecule has 1 atom stereocenters. The van der Waals surface area contributed by atoms with Crippen LogP contribution >= 0.6 is 11.6 Å². The molecule has 1 amide bonds.